The molecule has 1 N–H and O–H groups in total. The first-order valence-electron chi connectivity index (χ1n) is 10.1. The minimum atomic E-state index is -0.285. The van der Waals surface area contributed by atoms with E-state index in [0.29, 0.717) is 30.5 Å². The summed E-state index contributed by atoms with van der Waals surface area (Å²) in [6, 6.07) is 6.63. The van der Waals surface area contributed by atoms with Crippen molar-refractivity contribution in [3.05, 3.63) is 41.3 Å². The maximum absolute atomic E-state index is 14.2. The predicted octanol–water partition coefficient (Wildman–Crippen LogP) is 3.50. The number of ether oxygens (including phenoxy) is 2. The second kappa shape index (κ2) is 7.87. The van der Waals surface area contributed by atoms with Gasteiger partial charge in [-0.05, 0) is 54.2 Å². The molecule has 1 atom stereocenters. The van der Waals surface area contributed by atoms with E-state index in [1.807, 2.05) is 6.07 Å². The van der Waals surface area contributed by atoms with Crippen molar-refractivity contribution in [3.8, 4) is 28.4 Å². The molecule has 0 radical (unpaired) electrons. The fraction of sp³-hybridized carbons (Fsp3) is 0.429. The molecule has 0 saturated carbocycles. The number of H-pyrrole nitrogens is 1. The van der Waals surface area contributed by atoms with Crippen molar-refractivity contribution < 1.29 is 13.9 Å². The molecule has 5 rings (SSSR count). The van der Waals surface area contributed by atoms with E-state index in [2.05, 4.69) is 20.6 Å². The summed E-state index contributed by atoms with van der Waals surface area (Å²) in [5.74, 6) is 0.590. The number of aromatic amines is 1. The standard InChI is InChI=1S/C21H22FN5O2/c22-14-6-4-5-13(11-14)18-16-7-2-1-3-8-17(16)23-21(29-15-9-10-28-12-15)19(18)20-24-26-27-25-20/h4-6,11,15H,1-3,7-10,12H2,(H,24,25,26,27). The lowest BCUT2D eigenvalue weighted by Crippen LogP contribution is -2.18. The monoisotopic (exact) mass is 395 g/mol. The molecule has 0 spiro atoms. The van der Waals surface area contributed by atoms with Crippen LogP contribution in [0.25, 0.3) is 22.5 Å². The normalized spacial score (nSPS) is 19.0. The van der Waals surface area contributed by atoms with Crippen LogP contribution in [0, 0.1) is 5.82 Å². The van der Waals surface area contributed by atoms with E-state index in [0.717, 1.165) is 60.9 Å². The zero-order valence-corrected chi connectivity index (χ0v) is 16.0. The Kier molecular flexibility index (Phi) is 4.93. The summed E-state index contributed by atoms with van der Waals surface area (Å²) in [6.07, 6.45) is 5.78. The summed E-state index contributed by atoms with van der Waals surface area (Å²) in [4.78, 5) is 4.91. The summed E-state index contributed by atoms with van der Waals surface area (Å²) in [7, 11) is 0. The van der Waals surface area contributed by atoms with Crippen LogP contribution in [0.5, 0.6) is 5.88 Å². The van der Waals surface area contributed by atoms with Crippen molar-refractivity contribution in [1.29, 1.82) is 0 Å². The molecule has 2 aliphatic rings. The highest BCUT2D eigenvalue weighted by molar-refractivity contribution is 5.86. The van der Waals surface area contributed by atoms with Crippen molar-refractivity contribution in [1.82, 2.24) is 25.6 Å². The molecule has 1 aliphatic carbocycles. The van der Waals surface area contributed by atoms with Gasteiger partial charge in [0.2, 0.25) is 11.7 Å². The topological polar surface area (TPSA) is 85.8 Å². The lowest BCUT2D eigenvalue weighted by Gasteiger charge is -2.21. The average Bonchev–Trinajstić information content (AvgIpc) is 3.38. The zero-order chi connectivity index (χ0) is 19.6. The minimum Gasteiger partial charge on any atom is -0.471 e. The maximum Gasteiger partial charge on any atom is 0.226 e. The molecule has 1 aliphatic heterocycles. The third kappa shape index (κ3) is 3.60. The number of halogens is 1. The molecular formula is C21H22FN5O2. The van der Waals surface area contributed by atoms with Gasteiger partial charge in [-0.25, -0.2) is 9.37 Å². The van der Waals surface area contributed by atoms with Gasteiger partial charge in [-0.3, -0.25) is 0 Å². The van der Waals surface area contributed by atoms with Crippen LogP contribution in [-0.2, 0) is 17.6 Å². The number of hydrogen-bond donors (Lipinski definition) is 1. The molecule has 3 heterocycles. The van der Waals surface area contributed by atoms with Crippen LogP contribution in [0.15, 0.2) is 24.3 Å². The molecule has 1 unspecified atom stereocenters. The smallest absolute Gasteiger partial charge is 0.226 e. The van der Waals surface area contributed by atoms with Crippen LogP contribution in [0.2, 0.25) is 0 Å². The number of fused-ring (bicyclic) bond motifs is 1. The Hall–Kier alpha value is -2.87. The van der Waals surface area contributed by atoms with Gasteiger partial charge in [0.15, 0.2) is 0 Å². The highest BCUT2D eigenvalue weighted by Crippen LogP contribution is 2.42. The first-order chi connectivity index (χ1) is 14.3. The molecule has 8 heteroatoms. The molecule has 3 aromatic rings. The van der Waals surface area contributed by atoms with Gasteiger partial charge in [0.05, 0.1) is 18.8 Å². The molecule has 7 nitrogen and oxygen atoms in total. The van der Waals surface area contributed by atoms with E-state index in [-0.39, 0.29) is 11.9 Å². The minimum absolute atomic E-state index is 0.0719. The summed E-state index contributed by atoms with van der Waals surface area (Å²) in [6.45, 7) is 1.20. The Morgan fingerprint density at radius 2 is 2.07 bits per heavy atom. The van der Waals surface area contributed by atoms with Gasteiger partial charge in [0.25, 0.3) is 0 Å². The van der Waals surface area contributed by atoms with Crippen LogP contribution in [0.4, 0.5) is 4.39 Å². The second-order valence-electron chi connectivity index (χ2n) is 7.50. The van der Waals surface area contributed by atoms with Crippen LogP contribution in [-0.4, -0.2) is 44.9 Å². The summed E-state index contributed by atoms with van der Waals surface area (Å²) < 4.78 is 25.9. The van der Waals surface area contributed by atoms with E-state index >= 15 is 0 Å². The molecule has 2 aromatic heterocycles. The zero-order valence-electron chi connectivity index (χ0n) is 16.0. The molecule has 1 saturated heterocycles. The Morgan fingerprint density at radius 1 is 1.14 bits per heavy atom. The Labute approximate surface area is 167 Å². The van der Waals surface area contributed by atoms with Gasteiger partial charge >= 0.3 is 0 Å². The second-order valence-corrected chi connectivity index (χ2v) is 7.50. The lowest BCUT2D eigenvalue weighted by molar-refractivity contribution is 0.138. The van der Waals surface area contributed by atoms with E-state index in [1.165, 1.54) is 6.07 Å². The SMILES string of the molecule is Fc1cccc(-c2c3c(nc(OC4CCOC4)c2-c2nn[nH]n2)CCCCC3)c1. The highest BCUT2D eigenvalue weighted by atomic mass is 19.1. The summed E-state index contributed by atoms with van der Waals surface area (Å²) >= 11 is 0. The van der Waals surface area contributed by atoms with Crippen molar-refractivity contribution in [2.24, 2.45) is 0 Å². The van der Waals surface area contributed by atoms with Crippen LogP contribution in [0.1, 0.15) is 36.9 Å². The van der Waals surface area contributed by atoms with Gasteiger partial charge < -0.3 is 9.47 Å². The van der Waals surface area contributed by atoms with Gasteiger partial charge in [-0.1, -0.05) is 18.6 Å². The van der Waals surface area contributed by atoms with E-state index in [1.54, 1.807) is 12.1 Å². The third-order valence-corrected chi connectivity index (χ3v) is 5.54. The number of aryl methyl sites for hydroxylation is 1. The average molecular weight is 395 g/mol. The molecule has 150 valence electrons. The van der Waals surface area contributed by atoms with Gasteiger partial charge in [-0.15, -0.1) is 10.2 Å². The Bertz CT molecular complexity index is 1000. The van der Waals surface area contributed by atoms with Gasteiger partial charge in [0, 0.05) is 17.7 Å². The molecule has 0 bridgehead atoms. The number of hydrogen-bond acceptors (Lipinski definition) is 6. The number of benzene rings is 1. The van der Waals surface area contributed by atoms with Gasteiger partial charge in [-0.2, -0.15) is 5.21 Å². The first-order valence-corrected chi connectivity index (χ1v) is 10.1. The molecular weight excluding hydrogens is 373 g/mol. The maximum atomic E-state index is 14.2. The van der Waals surface area contributed by atoms with E-state index in [4.69, 9.17) is 14.5 Å². The predicted molar refractivity (Wildman–Crippen MR) is 104 cm³/mol. The largest absolute Gasteiger partial charge is 0.471 e. The Morgan fingerprint density at radius 3 is 2.86 bits per heavy atom. The van der Waals surface area contributed by atoms with Gasteiger partial charge in [0.1, 0.15) is 11.9 Å². The van der Waals surface area contributed by atoms with Crippen LogP contribution in [0.3, 0.4) is 0 Å². The van der Waals surface area contributed by atoms with Crippen molar-refractivity contribution in [3.63, 3.8) is 0 Å². The quantitative estimate of drug-likeness (QED) is 0.681. The molecule has 29 heavy (non-hydrogen) atoms. The molecule has 0 amide bonds. The van der Waals surface area contributed by atoms with Crippen molar-refractivity contribution >= 4 is 0 Å². The van der Waals surface area contributed by atoms with Crippen molar-refractivity contribution in [2.75, 3.05) is 13.2 Å². The number of aromatic nitrogens is 5. The third-order valence-electron chi connectivity index (χ3n) is 5.54. The number of nitrogens with one attached hydrogen (secondary N) is 1. The molecule has 1 fully saturated rings. The number of nitrogens with zero attached hydrogens (tertiary/aromatic N) is 4. The molecule has 1 aromatic carbocycles. The highest BCUT2D eigenvalue weighted by Gasteiger charge is 2.29. The lowest BCUT2D eigenvalue weighted by atomic mass is 9.91. The number of tetrazole rings is 1. The summed E-state index contributed by atoms with van der Waals surface area (Å²) in [5, 5.41) is 14.7. The Balaban J connectivity index is 1.76. The fourth-order valence-electron chi connectivity index (χ4n) is 4.18. The van der Waals surface area contributed by atoms with Crippen LogP contribution >= 0.6 is 0 Å². The first kappa shape index (κ1) is 18.2. The van der Waals surface area contributed by atoms with Crippen LogP contribution < -0.4 is 4.74 Å². The summed E-state index contributed by atoms with van der Waals surface area (Å²) in [5.41, 5.74) is 4.48. The van der Waals surface area contributed by atoms with Crippen molar-refractivity contribution in [2.45, 2.75) is 44.6 Å². The number of pyridine rings is 1. The fourth-order valence-corrected chi connectivity index (χ4v) is 4.18. The number of rotatable bonds is 4. The van der Waals surface area contributed by atoms with E-state index in [9.17, 15) is 4.39 Å². The van der Waals surface area contributed by atoms with E-state index < -0.39 is 0 Å².